The molecule has 0 spiro atoms. The maximum atomic E-state index is 13.1. The van der Waals surface area contributed by atoms with Gasteiger partial charge >= 0.3 is 0 Å². The fraction of sp³-hybridized carbons (Fsp3) is 0.400. The molecular formula is C20H22N4O4S2. The van der Waals surface area contributed by atoms with Gasteiger partial charge in [-0.3, -0.25) is 0 Å². The molecular weight excluding hydrogens is 424 g/mol. The maximum absolute atomic E-state index is 13.1. The molecule has 0 atom stereocenters. The molecule has 158 valence electrons. The first-order chi connectivity index (χ1) is 14.5. The van der Waals surface area contributed by atoms with Crippen LogP contribution in [0.5, 0.6) is 5.75 Å². The molecule has 0 unspecified atom stereocenters. The van der Waals surface area contributed by atoms with Crippen molar-refractivity contribution in [1.82, 2.24) is 14.4 Å². The molecule has 30 heavy (non-hydrogen) atoms. The topological polar surface area (TPSA) is 88.8 Å². The van der Waals surface area contributed by atoms with Crippen LogP contribution >= 0.6 is 11.3 Å². The first-order valence-electron chi connectivity index (χ1n) is 9.86. The zero-order valence-electron chi connectivity index (χ0n) is 16.5. The summed E-state index contributed by atoms with van der Waals surface area (Å²) in [6.07, 6.45) is 2.15. The van der Waals surface area contributed by atoms with E-state index in [1.165, 1.54) is 11.3 Å². The van der Waals surface area contributed by atoms with Gasteiger partial charge in [0.15, 0.2) is 0 Å². The third-order valence-electron chi connectivity index (χ3n) is 5.45. The number of anilines is 1. The molecule has 0 N–H and O–H groups in total. The van der Waals surface area contributed by atoms with Crippen molar-refractivity contribution in [3.8, 4) is 17.1 Å². The van der Waals surface area contributed by atoms with Gasteiger partial charge < -0.3 is 14.2 Å². The number of hydrogen-bond acceptors (Lipinski definition) is 8. The average Bonchev–Trinajstić information content (AvgIpc) is 3.29. The summed E-state index contributed by atoms with van der Waals surface area (Å²) >= 11 is 1.20. The molecule has 0 radical (unpaired) electrons. The quantitative estimate of drug-likeness (QED) is 0.574. The first-order valence-corrected chi connectivity index (χ1v) is 12.2. The second kappa shape index (κ2) is 7.68. The molecule has 2 aromatic heterocycles. The number of thiophene rings is 1. The van der Waals surface area contributed by atoms with Crippen LogP contribution in [0.3, 0.4) is 0 Å². The Morgan fingerprint density at radius 1 is 1.17 bits per heavy atom. The number of ether oxygens (including phenoxy) is 1. The summed E-state index contributed by atoms with van der Waals surface area (Å²) in [4.78, 5) is 6.59. The van der Waals surface area contributed by atoms with E-state index in [-0.39, 0.29) is 0 Å². The van der Waals surface area contributed by atoms with Crippen molar-refractivity contribution in [3.63, 3.8) is 0 Å². The number of aromatic nitrogens is 2. The minimum Gasteiger partial charge on any atom is -0.497 e. The average molecular weight is 447 g/mol. The molecule has 0 amide bonds. The summed E-state index contributed by atoms with van der Waals surface area (Å²) in [7, 11) is -1.91. The van der Waals surface area contributed by atoms with Crippen LogP contribution in [0.15, 0.2) is 44.4 Å². The number of rotatable bonds is 6. The number of nitrogens with zero attached hydrogens (tertiary/aromatic N) is 4. The fourth-order valence-electron chi connectivity index (χ4n) is 3.54. The van der Waals surface area contributed by atoms with Gasteiger partial charge in [-0.05, 0) is 31.0 Å². The SMILES string of the molecule is COc1cccc(N2CCN(S(=O)(=O)c3cc(-c4noc(C5CC5)n4)cs3)CC2)c1. The van der Waals surface area contributed by atoms with Crippen molar-refractivity contribution in [1.29, 1.82) is 0 Å². The molecule has 10 heteroatoms. The van der Waals surface area contributed by atoms with Gasteiger partial charge in [0.1, 0.15) is 9.96 Å². The third-order valence-corrected chi connectivity index (χ3v) is 8.77. The molecule has 1 saturated carbocycles. The normalized spacial score (nSPS) is 18.0. The molecule has 1 aliphatic heterocycles. The third kappa shape index (κ3) is 3.70. The van der Waals surface area contributed by atoms with Crippen LogP contribution in [-0.4, -0.2) is 56.2 Å². The summed E-state index contributed by atoms with van der Waals surface area (Å²) in [5.41, 5.74) is 1.72. The fourth-order valence-corrected chi connectivity index (χ4v) is 6.27. The molecule has 3 heterocycles. The van der Waals surface area contributed by atoms with E-state index in [2.05, 4.69) is 15.0 Å². The molecule has 2 aliphatic rings. The monoisotopic (exact) mass is 446 g/mol. The Morgan fingerprint density at radius 2 is 1.97 bits per heavy atom. The van der Waals surface area contributed by atoms with Crippen molar-refractivity contribution < 1.29 is 17.7 Å². The van der Waals surface area contributed by atoms with Gasteiger partial charge in [0.05, 0.1) is 7.11 Å². The van der Waals surface area contributed by atoms with E-state index in [0.717, 1.165) is 24.3 Å². The minimum atomic E-state index is -3.55. The van der Waals surface area contributed by atoms with E-state index in [4.69, 9.17) is 9.26 Å². The standard InChI is InChI=1S/C20H22N4O4S2/c1-27-17-4-2-3-16(12-17)23-7-9-24(10-8-23)30(25,26)18-11-15(13-29-18)19-21-20(28-22-19)14-5-6-14/h2-4,11-14H,5-10H2,1H3. The van der Waals surface area contributed by atoms with Gasteiger partial charge in [0.25, 0.3) is 10.0 Å². The lowest BCUT2D eigenvalue weighted by Gasteiger charge is -2.35. The summed E-state index contributed by atoms with van der Waals surface area (Å²) < 4.78 is 38.7. The minimum absolute atomic E-state index is 0.310. The lowest BCUT2D eigenvalue weighted by atomic mass is 10.2. The van der Waals surface area contributed by atoms with E-state index < -0.39 is 10.0 Å². The Bertz CT molecular complexity index is 1150. The number of piperazine rings is 1. The lowest BCUT2D eigenvalue weighted by Crippen LogP contribution is -2.48. The molecule has 5 rings (SSSR count). The van der Waals surface area contributed by atoms with Gasteiger partial charge in [-0.1, -0.05) is 11.2 Å². The van der Waals surface area contributed by atoms with Crippen LogP contribution in [0, 0.1) is 0 Å². The van der Waals surface area contributed by atoms with E-state index in [1.54, 1.807) is 22.9 Å². The largest absolute Gasteiger partial charge is 0.497 e. The molecule has 8 nitrogen and oxygen atoms in total. The zero-order chi connectivity index (χ0) is 20.7. The van der Waals surface area contributed by atoms with Gasteiger partial charge in [-0.15, -0.1) is 11.3 Å². The van der Waals surface area contributed by atoms with Crippen molar-refractivity contribution in [2.75, 3.05) is 38.2 Å². The predicted molar refractivity (Wildman–Crippen MR) is 114 cm³/mol. The van der Waals surface area contributed by atoms with E-state index in [9.17, 15) is 8.42 Å². The van der Waals surface area contributed by atoms with Gasteiger partial charge in [-0.2, -0.15) is 9.29 Å². The molecule has 2 fully saturated rings. The van der Waals surface area contributed by atoms with E-state index in [1.807, 2.05) is 24.3 Å². The molecule has 0 bridgehead atoms. The van der Waals surface area contributed by atoms with Crippen LogP contribution in [0.1, 0.15) is 24.7 Å². The van der Waals surface area contributed by atoms with Crippen molar-refractivity contribution in [2.45, 2.75) is 23.0 Å². The highest BCUT2D eigenvalue weighted by atomic mass is 32.2. The molecule has 1 aromatic carbocycles. The molecule has 3 aromatic rings. The smallest absolute Gasteiger partial charge is 0.252 e. The molecule has 1 saturated heterocycles. The summed E-state index contributed by atoms with van der Waals surface area (Å²) in [6.45, 7) is 2.11. The van der Waals surface area contributed by atoms with Gasteiger partial charge in [-0.25, -0.2) is 8.42 Å². The molecule has 1 aliphatic carbocycles. The highest BCUT2D eigenvalue weighted by Gasteiger charge is 2.32. The number of methoxy groups -OCH3 is 1. The van der Waals surface area contributed by atoms with Crippen LogP contribution in [0.2, 0.25) is 0 Å². The maximum Gasteiger partial charge on any atom is 0.252 e. The van der Waals surface area contributed by atoms with Crippen LogP contribution in [0.25, 0.3) is 11.4 Å². The predicted octanol–water partition coefficient (Wildman–Crippen LogP) is 3.20. The van der Waals surface area contributed by atoms with Gasteiger partial charge in [0.2, 0.25) is 11.7 Å². The Hall–Kier alpha value is -2.43. The van der Waals surface area contributed by atoms with Crippen LogP contribution in [0.4, 0.5) is 5.69 Å². The van der Waals surface area contributed by atoms with Crippen molar-refractivity contribution >= 4 is 27.0 Å². The summed E-state index contributed by atoms with van der Waals surface area (Å²) in [6, 6.07) is 9.47. The number of hydrogen-bond donors (Lipinski definition) is 0. The van der Waals surface area contributed by atoms with Crippen molar-refractivity contribution in [2.24, 2.45) is 0 Å². The van der Waals surface area contributed by atoms with Gasteiger partial charge in [0, 0.05) is 54.8 Å². The Morgan fingerprint density at radius 3 is 2.70 bits per heavy atom. The Balaban J connectivity index is 1.28. The van der Waals surface area contributed by atoms with Crippen molar-refractivity contribution in [3.05, 3.63) is 41.6 Å². The highest BCUT2D eigenvalue weighted by Crippen LogP contribution is 2.40. The zero-order valence-corrected chi connectivity index (χ0v) is 18.2. The Labute approximate surface area is 179 Å². The van der Waals surface area contributed by atoms with Crippen LogP contribution < -0.4 is 9.64 Å². The summed E-state index contributed by atoms with van der Waals surface area (Å²) in [5, 5.41) is 5.79. The lowest BCUT2D eigenvalue weighted by molar-refractivity contribution is 0.380. The van der Waals surface area contributed by atoms with Crippen LogP contribution in [-0.2, 0) is 10.0 Å². The second-order valence-corrected chi connectivity index (χ2v) is 10.6. The van der Waals surface area contributed by atoms with E-state index >= 15 is 0 Å². The number of sulfonamides is 1. The highest BCUT2D eigenvalue weighted by molar-refractivity contribution is 7.91. The summed E-state index contributed by atoms with van der Waals surface area (Å²) in [5.74, 6) is 2.26. The van der Waals surface area contributed by atoms with E-state index in [0.29, 0.717) is 53.6 Å². The second-order valence-electron chi connectivity index (χ2n) is 7.48. The first kappa shape index (κ1) is 19.5. The Kier molecular flexibility index (Phi) is 5.00. The number of benzene rings is 1.